The molecule has 2 unspecified atom stereocenters. The topological polar surface area (TPSA) is 157 Å². The van der Waals surface area contributed by atoms with Gasteiger partial charge in [0.15, 0.2) is 0 Å². The van der Waals surface area contributed by atoms with E-state index in [9.17, 15) is 22.8 Å². The molecular weight excluding hydrogens is 870 g/mol. The van der Waals surface area contributed by atoms with Crippen LogP contribution in [0.3, 0.4) is 0 Å². The lowest BCUT2D eigenvalue weighted by Crippen LogP contribution is -2.34. The normalized spacial score (nSPS) is 12.7. The second-order valence-electron chi connectivity index (χ2n) is 15.6. The van der Waals surface area contributed by atoms with Gasteiger partial charge in [-0.25, -0.2) is 23.1 Å². The van der Waals surface area contributed by atoms with Crippen LogP contribution < -0.4 is 9.47 Å². The Labute approximate surface area is 386 Å². The summed E-state index contributed by atoms with van der Waals surface area (Å²) in [6.07, 6.45) is 1.83. The average Bonchev–Trinajstić information content (AvgIpc) is 3.89. The Hall–Kier alpha value is -7.23. The van der Waals surface area contributed by atoms with Gasteiger partial charge in [0.2, 0.25) is 11.8 Å². The van der Waals surface area contributed by atoms with Gasteiger partial charge in [0.25, 0.3) is 0 Å². The highest BCUT2D eigenvalue weighted by molar-refractivity contribution is 6.08. The Kier molecular flexibility index (Phi) is 17.9. The molecule has 352 valence electrons. The van der Waals surface area contributed by atoms with Gasteiger partial charge in [-0.1, -0.05) is 41.5 Å². The molecule has 0 saturated carbocycles. The maximum absolute atomic E-state index is 13.9. The standard InChI is InChI=1S/C51H53F3N4O9/c1-6-26-63-57-32(2)44(30-36-7-19-42(20-8-36)61-27-23-46-34(4)65-48(55-46)38-11-15-40(53)16-12-38)50(59)67-51(60)45(33(3)58-64-29-25-52)31-37-9-21-43(22-10-37)62-28-24-47-35(5)66-49(56-47)39-13-17-41(54)18-14-39/h7-22,44-45H,6,23-31H2,1-5H3. The van der Waals surface area contributed by atoms with Crippen molar-refractivity contribution in [3.8, 4) is 34.4 Å². The summed E-state index contributed by atoms with van der Waals surface area (Å²) < 4.78 is 68.8. The molecule has 6 rings (SSSR count). The molecule has 16 heteroatoms. The zero-order chi connectivity index (χ0) is 47.7. The van der Waals surface area contributed by atoms with Gasteiger partial charge >= 0.3 is 11.9 Å². The van der Waals surface area contributed by atoms with Crippen LogP contribution >= 0.6 is 0 Å². The number of rotatable bonds is 24. The SMILES string of the molecule is CCCON=C(C)C(Cc1ccc(OCCc2nc(-c3ccc(F)cc3)oc2C)cc1)C(=O)OC(=O)C(Cc1ccc(OCCc2nc(-c3ccc(F)cc3)oc2C)cc1)C(C)=NOCCF. The van der Waals surface area contributed by atoms with E-state index in [1.807, 2.05) is 26.0 Å². The van der Waals surface area contributed by atoms with Crippen LogP contribution in [0.5, 0.6) is 11.5 Å². The minimum atomic E-state index is -1.07. The predicted molar refractivity (Wildman–Crippen MR) is 244 cm³/mol. The van der Waals surface area contributed by atoms with E-state index in [4.69, 9.17) is 32.7 Å². The fourth-order valence-corrected chi connectivity index (χ4v) is 6.79. The molecule has 0 fully saturated rings. The molecule has 2 atom stereocenters. The lowest BCUT2D eigenvalue weighted by molar-refractivity contribution is -0.162. The third-order valence-electron chi connectivity index (χ3n) is 10.6. The number of nitrogens with zero attached hydrogens (tertiary/aromatic N) is 4. The van der Waals surface area contributed by atoms with E-state index < -0.39 is 30.4 Å². The zero-order valence-corrected chi connectivity index (χ0v) is 38.1. The summed E-state index contributed by atoms with van der Waals surface area (Å²) in [5, 5.41) is 8.12. The molecule has 0 radical (unpaired) electrons. The van der Waals surface area contributed by atoms with Gasteiger partial charge in [-0.3, -0.25) is 9.59 Å². The molecule has 67 heavy (non-hydrogen) atoms. The smallest absolute Gasteiger partial charge is 0.322 e. The number of aromatic nitrogens is 2. The Balaban J connectivity index is 1.07. The summed E-state index contributed by atoms with van der Waals surface area (Å²) in [5.74, 6) is -1.25. The van der Waals surface area contributed by atoms with Gasteiger partial charge in [-0.05, 0) is 131 Å². The van der Waals surface area contributed by atoms with Crippen LogP contribution in [0.25, 0.3) is 22.9 Å². The molecular formula is C51H53F3N4O9. The number of ether oxygens (including phenoxy) is 3. The number of alkyl halides is 1. The fourth-order valence-electron chi connectivity index (χ4n) is 6.79. The van der Waals surface area contributed by atoms with E-state index in [-0.39, 0.29) is 36.8 Å². The van der Waals surface area contributed by atoms with Crippen LogP contribution in [0.2, 0.25) is 0 Å². The minimum Gasteiger partial charge on any atom is -0.493 e. The maximum atomic E-state index is 13.9. The summed E-state index contributed by atoms with van der Waals surface area (Å²) in [4.78, 5) is 47.4. The number of carbonyl (C=O) groups excluding carboxylic acids is 2. The van der Waals surface area contributed by atoms with E-state index in [1.165, 1.54) is 24.3 Å². The summed E-state index contributed by atoms with van der Waals surface area (Å²) in [7, 11) is 0. The number of hydrogen-bond donors (Lipinski definition) is 0. The van der Waals surface area contributed by atoms with Gasteiger partial charge < -0.3 is 32.7 Å². The van der Waals surface area contributed by atoms with E-state index in [1.54, 1.807) is 81.4 Å². The number of benzene rings is 4. The van der Waals surface area contributed by atoms with Crippen LogP contribution in [-0.4, -0.2) is 66.4 Å². The quantitative estimate of drug-likeness (QED) is 0.0187. The highest BCUT2D eigenvalue weighted by Gasteiger charge is 2.32. The Morgan fingerprint density at radius 3 is 1.39 bits per heavy atom. The maximum Gasteiger partial charge on any atom is 0.322 e. The first kappa shape index (κ1) is 49.2. The molecule has 0 aliphatic rings. The number of esters is 2. The molecule has 0 amide bonds. The number of carbonyl (C=O) groups is 2. The minimum absolute atomic E-state index is 0.0788. The van der Waals surface area contributed by atoms with Crippen molar-refractivity contribution in [3.63, 3.8) is 0 Å². The summed E-state index contributed by atoms with van der Waals surface area (Å²) >= 11 is 0. The average molecular weight is 923 g/mol. The first-order valence-corrected chi connectivity index (χ1v) is 21.9. The molecule has 0 aliphatic heterocycles. The van der Waals surface area contributed by atoms with Crippen molar-refractivity contribution in [1.29, 1.82) is 0 Å². The van der Waals surface area contributed by atoms with Crippen LogP contribution in [0.15, 0.2) is 116 Å². The van der Waals surface area contributed by atoms with Crippen LogP contribution in [0, 0.1) is 37.3 Å². The number of hydrogen-bond acceptors (Lipinski definition) is 13. The van der Waals surface area contributed by atoms with Crippen molar-refractivity contribution in [2.24, 2.45) is 22.1 Å². The van der Waals surface area contributed by atoms with Crippen molar-refractivity contribution >= 4 is 23.4 Å². The van der Waals surface area contributed by atoms with Crippen molar-refractivity contribution in [2.45, 2.75) is 66.7 Å². The molecule has 0 saturated heterocycles. The van der Waals surface area contributed by atoms with Gasteiger partial charge in [0.05, 0.1) is 36.0 Å². The molecule has 6 aromatic rings. The van der Waals surface area contributed by atoms with Crippen molar-refractivity contribution < 1.29 is 55.5 Å². The largest absolute Gasteiger partial charge is 0.493 e. The van der Waals surface area contributed by atoms with Crippen LogP contribution in [0.1, 0.15) is 61.2 Å². The van der Waals surface area contributed by atoms with E-state index in [2.05, 4.69) is 20.3 Å². The zero-order valence-electron chi connectivity index (χ0n) is 38.1. The van der Waals surface area contributed by atoms with Crippen LogP contribution in [0.4, 0.5) is 13.2 Å². The van der Waals surface area contributed by atoms with Gasteiger partial charge in [-0.15, -0.1) is 0 Å². The van der Waals surface area contributed by atoms with E-state index in [0.29, 0.717) is 102 Å². The summed E-state index contributed by atoms with van der Waals surface area (Å²) in [6, 6.07) is 26.0. The highest BCUT2D eigenvalue weighted by Crippen LogP contribution is 2.26. The first-order valence-electron chi connectivity index (χ1n) is 21.9. The number of halogens is 3. The summed E-state index contributed by atoms with van der Waals surface area (Å²) in [5.41, 5.74) is 4.70. The summed E-state index contributed by atoms with van der Waals surface area (Å²) in [6.45, 7) is 8.55. The van der Waals surface area contributed by atoms with Gasteiger partial charge in [0, 0.05) is 24.0 Å². The molecule has 0 N–H and O–H groups in total. The number of aryl methyl sites for hydroxylation is 2. The monoisotopic (exact) mass is 922 g/mol. The van der Waals surface area contributed by atoms with Crippen molar-refractivity contribution in [2.75, 3.05) is 33.1 Å². The molecule has 2 aromatic heterocycles. The fraction of sp³-hybridized carbons (Fsp3) is 0.333. The van der Waals surface area contributed by atoms with Gasteiger partial charge in [0.1, 0.15) is 66.4 Å². The second kappa shape index (κ2) is 24.3. The molecule has 2 heterocycles. The Morgan fingerprint density at radius 1 is 0.597 bits per heavy atom. The Morgan fingerprint density at radius 2 is 1.00 bits per heavy atom. The van der Waals surface area contributed by atoms with Crippen LogP contribution in [-0.2, 0) is 49.7 Å². The molecule has 13 nitrogen and oxygen atoms in total. The van der Waals surface area contributed by atoms with Gasteiger partial charge in [-0.2, -0.15) is 0 Å². The lowest BCUT2D eigenvalue weighted by Gasteiger charge is -2.19. The Bertz CT molecular complexity index is 2410. The molecule has 0 aliphatic carbocycles. The van der Waals surface area contributed by atoms with Crippen molar-refractivity contribution in [1.82, 2.24) is 9.97 Å². The van der Waals surface area contributed by atoms with E-state index in [0.717, 1.165) is 11.3 Å². The second-order valence-corrected chi connectivity index (χ2v) is 15.6. The number of oxime groups is 2. The third kappa shape index (κ3) is 14.4. The third-order valence-corrected chi connectivity index (χ3v) is 10.6. The highest BCUT2D eigenvalue weighted by atomic mass is 19.1. The lowest BCUT2D eigenvalue weighted by atomic mass is 9.94. The number of oxazole rings is 2. The molecule has 0 spiro atoms. The predicted octanol–water partition coefficient (Wildman–Crippen LogP) is 10.4. The van der Waals surface area contributed by atoms with Crippen molar-refractivity contribution in [3.05, 3.63) is 143 Å². The molecule has 4 aromatic carbocycles. The van der Waals surface area contributed by atoms with E-state index >= 15 is 0 Å². The molecule has 0 bridgehead atoms. The first-order chi connectivity index (χ1) is 32.4.